The van der Waals surface area contributed by atoms with Gasteiger partial charge in [-0.05, 0) is 51.2 Å². The second-order valence-corrected chi connectivity index (χ2v) is 7.32. The summed E-state index contributed by atoms with van der Waals surface area (Å²) in [4.78, 5) is 24.6. The van der Waals surface area contributed by atoms with Crippen molar-refractivity contribution in [2.24, 2.45) is 0 Å². The molecule has 0 saturated carbocycles. The molecule has 128 valence electrons. The number of rotatable bonds is 2. The fourth-order valence-corrected chi connectivity index (χ4v) is 3.21. The summed E-state index contributed by atoms with van der Waals surface area (Å²) in [5.74, 6) is -0.468. The number of amides is 2. The van der Waals surface area contributed by atoms with Crippen LogP contribution < -0.4 is 5.46 Å². The average molecular weight is 331 g/mol. The molecule has 7 heteroatoms. The Morgan fingerprint density at radius 3 is 2.33 bits per heavy atom. The summed E-state index contributed by atoms with van der Waals surface area (Å²) in [7, 11) is -0.535. The fourth-order valence-electron chi connectivity index (χ4n) is 3.21. The Morgan fingerprint density at radius 1 is 1.25 bits per heavy atom. The van der Waals surface area contributed by atoms with Crippen LogP contribution in [-0.4, -0.2) is 40.3 Å². The van der Waals surface area contributed by atoms with Gasteiger partial charge in [-0.2, -0.15) is 0 Å². The van der Waals surface area contributed by atoms with Crippen molar-refractivity contribution in [1.82, 2.24) is 4.90 Å². The molecular weight excluding hydrogens is 309 g/mol. The van der Waals surface area contributed by atoms with Crippen LogP contribution in [0.5, 0.6) is 0 Å². The molecule has 2 amide bonds. The molecule has 0 aliphatic carbocycles. The predicted molar refractivity (Wildman–Crippen MR) is 89.4 cm³/mol. The number of carboxylic acid groups (broad SMARTS) is 1. The fraction of sp³-hybridized carbons (Fsp3) is 0.529. The first kappa shape index (κ1) is 17.0. The Hall–Kier alpha value is -1.86. The normalized spacial score (nSPS) is 24.4. The second-order valence-electron chi connectivity index (χ2n) is 7.32. The van der Waals surface area contributed by atoms with Gasteiger partial charge < -0.3 is 14.4 Å². The lowest BCUT2D eigenvalue weighted by Crippen LogP contribution is -2.41. The highest BCUT2D eigenvalue weighted by Gasteiger charge is 2.52. The molecule has 0 bridgehead atoms. The highest BCUT2D eigenvalue weighted by molar-refractivity contribution is 6.62. The number of carbonyl (C=O) groups is 2. The predicted octanol–water partition coefficient (Wildman–Crippen LogP) is 2.57. The Bertz CT molecular complexity index is 699. The van der Waals surface area contributed by atoms with Gasteiger partial charge in [0.25, 0.3) is 5.91 Å². The van der Waals surface area contributed by atoms with Crippen LogP contribution in [0.3, 0.4) is 0 Å². The van der Waals surface area contributed by atoms with Crippen molar-refractivity contribution in [3.8, 4) is 0 Å². The van der Waals surface area contributed by atoms with Gasteiger partial charge in [-0.25, -0.2) is 9.69 Å². The molecule has 0 spiro atoms. The molecule has 1 aromatic carbocycles. The monoisotopic (exact) mass is 331 g/mol. The summed E-state index contributed by atoms with van der Waals surface area (Å²) in [6.07, 6.45) is -0.696. The van der Waals surface area contributed by atoms with Crippen LogP contribution >= 0.6 is 0 Å². The van der Waals surface area contributed by atoms with Gasteiger partial charge in [0.05, 0.1) is 17.2 Å². The average Bonchev–Trinajstić information content (AvgIpc) is 2.89. The van der Waals surface area contributed by atoms with Crippen molar-refractivity contribution in [2.75, 3.05) is 0 Å². The zero-order valence-corrected chi connectivity index (χ0v) is 14.6. The SMILES string of the molecule is CC[C@@H]1c2cc(B3OC(C)(C)C(C)(C)O3)ccc2C(=O)N1C(=O)O. The van der Waals surface area contributed by atoms with E-state index in [0.717, 1.165) is 15.9 Å². The van der Waals surface area contributed by atoms with E-state index in [-0.39, 0.29) is 0 Å². The minimum atomic E-state index is -1.22. The van der Waals surface area contributed by atoms with Gasteiger partial charge in [-0.3, -0.25) is 4.79 Å². The molecule has 0 unspecified atom stereocenters. The van der Waals surface area contributed by atoms with Gasteiger partial charge in [0.15, 0.2) is 0 Å². The van der Waals surface area contributed by atoms with Gasteiger partial charge in [0.1, 0.15) is 0 Å². The summed E-state index contributed by atoms with van der Waals surface area (Å²) < 4.78 is 12.1. The number of hydrogen-bond donors (Lipinski definition) is 1. The Balaban J connectivity index is 1.98. The van der Waals surface area contributed by atoms with Crippen molar-refractivity contribution in [1.29, 1.82) is 0 Å². The van der Waals surface area contributed by atoms with Crippen molar-refractivity contribution >= 4 is 24.6 Å². The molecule has 1 atom stereocenters. The Morgan fingerprint density at radius 2 is 1.83 bits per heavy atom. The molecule has 1 aromatic rings. The molecule has 1 N–H and O–H groups in total. The maximum atomic E-state index is 12.3. The Kier molecular flexibility index (Phi) is 3.77. The number of carbonyl (C=O) groups excluding carboxylic acids is 1. The molecule has 2 aliphatic heterocycles. The molecule has 2 aliphatic rings. The number of nitrogens with zero attached hydrogens (tertiary/aromatic N) is 1. The first-order chi connectivity index (χ1) is 11.1. The molecule has 0 aromatic heterocycles. The van der Waals surface area contributed by atoms with Crippen LogP contribution in [0, 0.1) is 0 Å². The highest BCUT2D eigenvalue weighted by atomic mass is 16.7. The van der Waals surface area contributed by atoms with Gasteiger partial charge in [-0.1, -0.05) is 19.1 Å². The van der Waals surface area contributed by atoms with E-state index in [9.17, 15) is 14.7 Å². The number of fused-ring (bicyclic) bond motifs is 1. The lowest BCUT2D eigenvalue weighted by molar-refractivity contribution is 0.00578. The van der Waals surface area contributed by atoms with E-state index in [1.165, 1.54) is 0 Å². The van der Waals surface area contributed by atoms with E-state index >= 15 is 0 Å². The molecular formula is C17H22BNO5. The van der Waals surface area contributed by atoms with E-state index in [4.69, 9.17) is 9.31 Å². The summed E-state index contributed by atoms with van der Waals surface area (Å²) in [6.45, 7) is 9.77. The zero-order valence-electron chi connectivity index (χ0n) is 14.6. The molecule has 2 heterocycles. The maximum absolute atomic E-state index is 12.3. The quantitative estimate of drug-likeness (QED) is 0.843. The van der Waals surface area contributed by atoms with E-state index in [1.807, 2.05) is 40.7 Å². The van der Waals surface area contributed by atoms with Crippen LogP contribution in [0.1, 0.15) is 63.0 Å². The van der Waals surface area contributed by atoms with Crippen molar-refractivity contribution in [3.05, 3.63) is 29.3 Å². The standard InChI is InChI=1S/C17H22BNO5/c1-6-13-12-9-10(18-23-16(2,3)17(4,5)24-18)7-8-11(12)14(20)19(13)15(21)22/h7-9,13H,6H2,1-5H3,(H,21,22)/t13-/m1/s1. The Labute approximate surface area is 141 Å². The third-order valence-corrected chi connectivity index (χ3v) is 5.31. The van der Waals surface area contributed by atoms with Crippen molar-refractivity contribution in [2.45, 2.75) is 58.3 Å². The molecule has 6 nitrogen and oxygen atoms in total. The molecule has 24 heavy (non-hydrogen) atoms. The lowest BCUT2D eigenvalue weighted by atomic mass is 9.77. The third kappa shape index (κ3) is 2.34. The van der Waals surface area contributed by atoms with Crippen LogP contribution in [0.2, 0.25) is 0 Å². The van der Waals surface area contributed by atoms with E-state index in [1.54, 1.807) is 12.1 Å². The van der Waals surface area contributed by atoms with Gasteiger partial charge in [0, 0.05) is 5.56 Å². The summed E-state index contributed by atoms with van der Waals surface area (Å²) in [5.41, 5.74) is 1.04. The van der Waals surface area contributed by atoms with Crippen molar-refractivity contribution < 1.29 is 24.0 Å². The van der Waals surface area contributed by atoms with E-state index < -0.39 is 36.4 Å². The van der Waals surface area contributed by atoms with Gasteiger partial charge in [0.2, 0.25) is 0 Å². The molecule has 1 fully saturated rings. The van der Waals surface area contributed by atoms with Gasteiger partial charge >= 0.3 is 13.2 Å². The smallest absolute Gasteiger partial charge is 0.465 e. The molecule has 1 saturated heterocycles. The van der Waals surface area contributed by atoms with E-state index in [2.05, 4.69) is 0 Å². The number of hydrogen-bond acceptors (Lipinski definition) is 4. The summed E-state index contributed by atoms with van der Waals surface area (Å²) in [6, 6.07) is 4.82. The maximum Gasteiger partial charge on any atom is 0.494 e. The largest absolute Gasteiger partial charge is 0.494 e. The van der Waals surface area contributed by atoms with Crippen LogP contribution in [0.4, 0.5) is 4.79 Å². The van der Waals surface area contributed by atoms with Crippen LogP contribution in [0.15, 0.2) is 18.2 Å². The van der Waals surface area contributed by atoms with Crippen LogP contribution in [0.25, 0.3) is 0 Å². The number of benzene rings is 1. The molecule has 0 radical (unpaired) electrons. The first-order valence-corrected chi connectivity index (χ1v) is 8.15. The zero-order chi connectivity index (χ0) is 17.9. The van der Waals surface area contributed by atoms with Crippen molar-refractivity contribution in [3.63, 3.8) is 0 Å². The van der Waals surface area contributed by atoms with E-state index in [0.29, 0.717) is 12.0 Å². The van der Waals surface area contributed by atoms with Gasteiger partial charge in [-0.15, -0.1) is 0 Å². The minimum absolute atomic E-state index is 0.435. The second kappa shape index (κ2) is 5.32. The third-order valence-electron chi connectivity index (χ3n) is 5.31. The summed E-state index contributed by atoms with van der Waals surface area (Å²) >= 11 is 0. The highest BCUT2D eigenvalue weighted by Crippen LogP contribution is 2.38. The summed E-state index contributed by atoms with van der Waals surface area (Å²) in [5, 5.41) is 9.33. The topological polar surface area (TPSA) is 76.1 Å². The first-order valence-electron chi connectivity index (χ1n) is 8.15. The number of imide groups is 1. The van der Waals surface area contributed by atoms with Crippen LogP contribution in [-0.2, 0) is 9.31 Å². The minimum Gasteiger partial charge on any atom is -0.465 e. The lowest BCUT2D eigenvalue weighted by Gasteiger charge is -2.32. The molecule has 3 rings (SSSR count).